The highest BCUT2D eigenvalue weighted by molar-refractivity contribution is 7.89. The molecule has 0 fully saturated rings. The van der Waals surface area contributed by atoms with Crippen LogP contribution in [0.5, 0.6) is 0 Å². The lowest BCUT2D eigenvalue weighted by atomic mass is 10.3. The number of carbonyl (C=O) groups excluding carboxylic acids is 1. The number of benzene rings is 1. The maximum Gasteiger partial charge on any atom is 0.321 e. The van der Waals surface area contributed by atoms with Crippen LogP contribution in [0.1, 0.15) is 13.8 Å². The fourth-order valence-electron chi connectivity index (χ4n) is 1.70. The van der Waals surface area contributed by atoms with Crippen molar-refractivity contribution in [1.29, 1.82) is 0 Å². The van der Waals surface area contributed by atoms with Crippen molar-refractivity contribution in [3.63, 3.8) is 0 Å². The van der Waals surface area contributed by atoms with Gasteiger partial charge in [-0.05, 0) is 19.1 Å². The zero-order chi connectivity index (χ0) is 16.2. The largest absolute Gasteiger partial charge is 0.465 e. The first-order chi connectivity index (χ1) is 9.73. The van der Waals surface area contributed by atoms with Crippen molar-refractivity contribution in [2.45, 2.75) is 18.7 Å². The monoisotopic (exact) mass is 354 g/mol. The molecule has 0 spiro atoms. The fraction of sp³-hybridized carbons (Fsp3) is 0.417. The molecule has 6 nitrogen and oxygen atoms in total. The van der Waals surface area contributed by atoms with Gasteiger partial charge in [-0.3, -0.25) is 4.79 Å². The second-order valence-corrected chi connectivity index (χ2v) is 6.76. The van der Waals surface area contributed by atoms with E-state index in [9.17, 15) is 13.2 Å². The summed E-state index contributed by atoms with van der Waals surface area (Å²) < 4.78 is 30.8. The third-order valence-electron chi connectivity index (χ3n) is 2.60. The maximum absolute atomic E-state index is 12.6. The van der Waals surface area contributed by atoms with Crippen LogP contribution >= 0.6 is 23.2 Å². The van der Waals surface area contributed by atoms with Crippen LogP contribution in [-0.4, -0.2) is 38.4 Å². The van der Waals surface area contributed by atoms with Gasteiger partial charge in [-0.1, -0.05) is 30.1 Å². The fourth-order valence-corrected chi connectivity index (χ4v) is 4.04. The number of anilines is 1. The van der Waals surface area contributed by atoms with Crippen molar-refractivity contribution >= 4 is 44.9 Å². The summed E-state index contributed by atoms with van der Waals surface area (Å²) in [4.78, 5) is 11.2. The van der Waals surface area contributed by atoms with Crippen LogP contribution in [-0.2, 0) is 19.6 Å². The SMILES string of the molecule is CCOC(=O)CN(CC)S(=O)(=O)c1c(N)cc(Cl)cc1Cl. The number of hydrogen-bond donors (Lipinski definition) is 1. The molecule has 0 bridgehead atoms. The van der Waals surface area contributed by atoms with Crippen molar-refractivity contribution in [3.05, 3.63) is 22.2 Å². The Morgan fingerprint density at radius 1 is 1.33 bits per heavy atom. The van der Waals surface area contributed by atoms with Crippen LogP contribution in [0.3, 0.4) is 0 Å². The normalized spacial score (nSPS) is 11.7. The zero-order valence-electron chi connectivity index (χ0n) is 11.6. The molecule has 1 rings (SSSR count). The second-order valence-electron chi connectivity index (χ2n) is 4.04. The Morgan fingerprint density at radius 3 is 2.43 bits per heavy atom. The summed E-state index contributed by atoms with van der Waals surface area (Å²) >= 11 is 11.7. The Morgan fingerprint density at radius 2 is 1.95 bits per heavy atom. The van der Waals surface area contributed by atoms with Crippen LogP contribution in [0.4, 0.5) is 5.69 Å². The number of esters is 1. The standard InChI is InChI=1S/C12H16Cl2N2O4S/c1-3-16(7-11(17)20-4-2)21(18,19)12-9(14)5-8(13)6-10(12)15/h5-6H,3-4,7,15H2,1-2H3. The van der Waals surface area contributed by atoms with Gasteiger partial charge >= 0.3 is 5.97 Å². The van der Waals surface area contributed by atoms with E-state index in [1.165, 1.54) is 12.1 Å². The second kappa shape index (κ2) is 7.31. The van der Waals surface area contributed by atoms with E-state index in [1.807, 2.05) is 0 Å². The molecule has 9 heteroatoms. The minimum absolute atomic E-state index is 0.0690. The number of nitrogens with two attached hydrogens (primary N) is 1. The summed E-state index contributed by atoms with van der Waals surface area (Å²) in [5, 5.41) is 0.132. The first kappa shape index (κ1) is 18.0. The quantitative estimate of drug-likeness (QED) is 0.624. The molecule has 0 aromatic heterocycles. The van der Waals surface area contributed by atoms with E-state index in [4.69, 9.17) is 33.7 Å². The first-order valence-corrected chi connectivity index (χ1v) is 8.33. The van der Waals surface area contributed by atoms with Crippen LogP contribution in [0.15, 0.2) is 17.0 Å². The Hall–Kier alpha value is -1.02. The summed E-state index contributed by atoms with van der Waals surface area (Å²) in [7, 11) is -4.03. The summed E-state index contributed by atoms with van der Waals surface area (Å²) in [6.45, 7) is 3.05. The molecule has 0 atom stereocenters. The summed E-state index contributed by atoms with van der Waals surface area (Å²) in [5.41, 5.74) is 5.63. The number of ether oxygens (including phenoxy) is 1. The molecule has 0 unspecified atom stereocenters. The third kappa shape index (κ3) is 4.23. The number of nitrogens with zero attached hydrogens (tertiary/aromatic N) is 1. The highest BCUT2D eigenvalue weighted by atomic mass is 35.5. The molecule has 118 valence electrons. The van der Waals surface area contributed by atoms with Crippen molar-refractivity contribution < 1.29 is 17.9 Å². The van der Waals surface area contributed by atoms with E-state index in [0.29, 0.717) is 0 Å². The molecule has 1 aromatic rings. The number of nitrogen functional groups attached to an aromatic ring is 1. The Balaban J connectivity index is 3.23. The van der Waals surface area contributed by atoms with Gasteiger partial charge in [0, 0.05) is 11.6 Å². The lowest BCUT2D eigenvalue weighted by Gasteiger charge is -2.21. The zero-order valence-corrected chi connectivity index (χ0v) is 13.9. The van der Waals surface area contributed by atoms with E-state index in [2.05, 4.69) is 0 Å². The molecule has 0 amide bonds. The van der Waals surface area contributed by atoms with Crippen LogP contribution in [0.2, 0.25) is 10.0 Å². The van der Waals surface area contributed by atoms with Gasteiger partial charge in [-0.25, -0.2) is 8.42 Å². The number of carbonyl (C=O) groups is 1. The highest BCUT2D eigenvalue weighted by Gasteiger charge is 2.30. The van der Waals surface area contributed by atoms with Crippen molar-refractivity contribution in [1.82, 2.24) is 4.31 Å². The third-order valence-corrected chi connectivity index (χ3v) is 5.27. The molecule has 2 N–H and O–H groups in total. The molecule has 0 saturated heterocycles. The van der Waals surface area contributed by atoms with E-state index in [0.717, 1.165) is 4.31 Å². The number of hydrogen-bond acceptors (Lipinski definition) is 5. The van der Waals surface area contributed by atoms with E-state index < -0.39 is 22.5 Å². The molecular weight excluding hydrogens is 339 g/mol. The van der Waals surface area contributed by atoms with E-state index >= 15 is 0 Å². The Kier molecular flexibility index (Phi) is 6.27. The number of sulfonamides is 1. The molecule has 21 heavy (non-hydrogen) atoms. The predicted molar refractivity (Wildman–Crippen MR) is 81.9 cm³/mol. The summed E-state index contributed by atoms with van der Waals surface area (Å²) in [6.07, 6.45) is 0. The predicted octanol–water partition coefficient (Wildman–Crippen LogP) is 2.15. The van der Waals surface area contributed by atoms with Crippen molar-refractivity contribution in [3.8, 4) is 0 Å². The number of rotatable bonds is 6. The van der Waals surface area contributed by atoms with Crippen molar-refractivity contribution in [2.75, 3.05) is 25.4 Å². The van der Waals surface area contributed by atoms with Gasteiger partial charge in [-0.2, -0.15) is 4.31 Å². The molecule has 0 saturated carbocycles. The maximum atomic E-state index is 12.6. The Labute approximate surface area is 133 Å². The van der Waals surface area contributed by atoms with Crippen LogP contribution < -0.4 is 5.73 Å². The average Bonchev–Trinajstić information content (AvgIpc) is 2.34. The molecule has 0 aliphatic rings. The minimum Gasteiger partial charge on any atom is -0.465 e. The summed E-state index contributed by atoms with van der Waals surface area (Å²) in [5.74, 6) is -0.647. The van der Waals surface area contributed by atoms with Gasteiger partial charge in [0.15, 0.2) is 0 Å². The van der Waals surface area contributed by atoms with Gasteiger partial charge in [0.2, 0.25) is 10.0 Å². The minimum atomic E-state index is -4.03. The van der Waals surface area contributed by atoms with Gasteiger partial charge < -0.3 is 10.5 Å². The van der Waals surface area contributed by atoms with Crippen molar-refractivity contribution in [2.24, 2.45) is 0 Å². The van der Waals surface area contributed by atoms with Gasteiger partial charge in [-0.15, -0.1) is 0 Å². The Bertz CT molecular complexity index is 611. The molecule has 0 heterocycles. The van der Waals surface area contributed by atoms with Gasteiger partial charge in [0.1, 0.15) is 11.4 Å². The average molecular weight is 355 g/mol. The highest BCUT2D eigenvalue weighted by Crippen LogP contribution is 2.33. The smallest absolute Gasteiger partial charge is 0.321 e. The molecule has 0 radical (unpaired) electrons. The topological polar surface area (TPSA) is 89.7 Å². The lowest BCUT2D eigenvalue weighted by Crippen LogP contribution is -2.36. The molecular formula is C12H16Cl2N2O4S. The first-order valence-electron chi connectivity index (χ1n) is 6.14. The lowest BCUT2D eigenvalue weighted by molar-refractivity contribution is -0.143. The van der Waals surface area contributed by atoms with Gasteiger partial charge in [0.05, 0.1) is 17.3 Å². The van der Waals surface area contributed by atoms with E-state index in [1.54, 1.807) is 13.8 Å². The molecule has 0 aliphatic carbocycles. The summed E-state index contributed by atoms with van der Waals surface area (Å²) in [6, 6.07) is 2.57. The molecule has 0 aliphatic heterocycles. The van der Waals surface area contributed by atoms with E-state index in [-0.39, 0.29) is 33.8 Å². The number of likely N-dealkylation sites (N-methyl/N-ethyl adjacent to an activating group) is 1. The van der Waals surface area contributed by atoms with Crippen LogP contribution in [0.25, 0.3) is 0 Å². The van der Waals surface area contributed by atoms with Gasteiger partial charge in [0.25, 0.3) is 0 Å². The number of halogens is 2. The molecule has 1 aromatic carbocycles. The van der Waals surface area contributed by atoms with Crippen LogP contribution in [0, 0.1) is 0 Å².